The second-order valence-electron chi connectivity index (χ2n) is 5.19. The van der Waals surface area contributed by atoms with Gasteiger partial charge in [-0.05, 0) is 40.5 Å². The number of benzene rings is 1. The molecule has 0 bridgehead atoms. The molecule has 0 aromatic heterocycles. The average Bonchev–Trinajstić information content (AvgIpc) is 2.56. The fourth-order valence-electron chi connectivity index (χ4n) is 2.55. The molecule has 0 fully saturated rings. The summed E-state index contributed by atoms with van der Waals surface area (Å²) in [7, 11) is 2.80. The van der Waals surface area contributed by atoms with Gasteiger partial charge in [0.15, 0.2) is 0 Å². The first-order valence-electron chi connectivity index (χ1n) is 7.21. The number of nitrogens with one attached hydrogen (secondary N) is 1. The standard InChI is InChI=1S/C16H18BrFN2O4/c1-9-13(15(21)24-3)14(10-4-5-12(18)11(17)8-10)19-16(22)20(9)6-7-23-2/h4-5,8,14H,6-7H2,1-3H3,(H,19,22)/t14-/m0/s1. The van der Waals surface area contributed by atoms with Gasteiger partial charge < -0.3 is 14.8 Å². The van der Waals surface area contributed by atoms with E-state index in [1.807, 2.05) is 0 Å². The van der Waals surface area contributed by atoms with E-state index in [-0.39, 0.29) is 10.5 Å². The highest BCUT2D eigenvalue weighted by Crippen LogP contribution is 2.32. The van der Waals surface area contributed by atoms with E-state index in [1.54, 1.807) is 6.92 Å². The van der Waals surface area contributed by atoms with Crippen molar-refractivity contribution in [3.63, 3.8) is 0 Å². The molecule has 2 rings (SSSR count). The Morgan fingerprint density at radius 1 is 1.42 bits per heavy atom. The van der Waals surface area contributed by atoms with E-state index < -0.39 is 17.8 Å². The van der Waals surface area contributed by atoms with Gasteiger partial charge in [0.25, 0.3) is 0 Å². The third-order valence-corrected chi connectivity index (χ3v) is 4.41. The molecule has 1 aliphatic heterocycles. The van der Waals surface area contributed by atoms with Gasteiger partial charge in [-0.1, -0.05) is 6.07 Å². The lowest BCUT2D eigenvalue weighted by Gasteiger charge is -2.35. The summed E-state index contributed by atoms with van der Waals surface area (Å²) in [5.74, 6) is -0.983. The van der Waals surface area contributed by atoms with Crippen LogP contribution in [0.1, 0.15) is 18.5 Å². The minimum Gasteiger partial charge on any atom is -0.466 e. The fourth-order valence-corrected chi connectivity index (χ4v) is 2.95. The van der Waals surface area contributed by atoms with Crippen molar-refractivity contribution in [2.45, 2.75) is 13.0 Å². The van der Waals surface area contributed by atoms with Gasteiger partial charge in [0.2, 0.25) is 0 Å². The van der Waals surface area contributed by atoms with Crippen molar-refractivity contribution in [3.8, 4) is 0 Å². The molecule has 1 aliphatic rings. The smallest absolute Gasteiger partial charge is 0.337 e. The molecule has 6 nitrogen and oxygen atoms in total. The Morgan fingerprint density at radius 2 is 2.12 bits per heavy atom. The van der Waals surface area contributed by atoms with E-state index in [0.29, 0.717) is 30.0 Å². The number of hydrogen-bond acceptors (Lipinski definition) is 4. The maximum Gasteiger partial charge on any atom is 0.337 e. The highest BCUT2D eigenvalue weighted by atomic mass is 79.9. The van der Waals surface area contributed by atoms with Crippen molar-refractivity contribution in [1.29, 1.82) is 0 Å². The van der Waals surface area contributed by atoms with Gasteiger partial charge in [0.05, 0.1) is 36.3 Å². The maximum atomic E-state index is 13.5. The quantitative estimate of drug-likeness (QED) is 0.771. The molecule has 0 unspecified atom stereocenters. The highest BCUT2D eigenvalue weighted by Gasteiger charge is 2.36. The molecule has 1 atom stereocenters. The minimum atomic E-state index is -0.722. The second kappa shape index (κ2) is 7.76. The molecule has 8 heteroatoms. The largest absolute Gasteiger partial charge is 0.466 e. The summed E-state index contributed by atoms with van der Waals surface area (Å²) in [6, 6.07) is 3.24. The Kier molecular flexibility index (Phi) is 5.95. The summed E-state index contributed by atoms with van der Waals surface area (Å²) in [5.41, 5.74) is 1.35. The zero-order valence-corrected chi connectivity index (χ0v) is 15.1. The predicted octanol–water partition coefficient (Wildman–Crippen LogP) is 2.75. The van der Waals surface area contributed by atoms with Crippen molar-refractivity contribution >= 4 is 27.9 Å². The van der Waals surface area contributed by atoms with Crippen molar-refractivity contribution in [2.75, 3.05) is 27.4 Å². The van der Waals surface area contributed by atoms with Crippen molar-refractivity contribution in [1.82, 2.24) is 10.2 Å². The number of halogens is 2. The number of hydrogen-bond donors (Lipinski definition) is 1. The molecule has 1 N–H and O–H groups in total. The van der Waals surface area contributed by atoms with Crippen LogP contribution in [0.5, 0.6) is 0 Å². The van der Waals surface area contributed by atoms with Crippen LogP contribution in [0.25, 0.3) is 0 Å². The molecule has 2 amide bonds. The molecule has 1 aromatic carbocycles. The fraction of sp³-hybridized carbons (Fsp3) is 0.375. The number of amides is 2. The van der Waals surface area contributed by atoms with E-state index in [9.17, 15) is 14.0 Å². The van der Waals surface area contributed by atoms with Crippen LogP contribution in [0.2, 0.25) is 0 Å². The van der Waals surface area contributed by atoms with Crippen LogP contribution in [0, 0.1) is 5.82 Å². The van der Waals surface area contributed by atoms with E-state index in [2.05, 4.69) is 21.2 Å². The van der Waals surface area contributed by atoms with Crippen molar-refractivity contribution < 1.29 is 23.5 Å². The summed E-state index contributed by atoms with van der Waals surface area (Å²) in [5, 5.41) is 2.76. The zero-order chi connectivity index (χ0) is 17.9. The Balaban J connectivity index is 2.50. The maximum absolute atomic E-state index is 13.5. The molecule has 0 spiro atoms. The van der Waals surface area contributed by atoms with Gasteiger partial charge in [0, 0.05) is 12.8 Å². The van der Waals surface area contributed by atoms with Gasteiger partial charge in [-0.3, -0.25) is 4.90 Å². The molecule has 1 heterocycles. The Bertz CT molecular complexity index is 693. The van der Waals surface area contributed by atoms with Crippen LogP contribution in [0.3, 0.4) is 0 Å². The highest BCUT2D eigenvalue weighted by molar-refractivity contribution is 9.10. The molecule has 1 aromatic rings. The number of carbonyl (C=O) groups is 2. The first-order chi connectivity index (χ1) is 11.4. The predicted molar refractivity (Wildman–Crippen MR) is 88.7 cm³/mol. The van der Waals surface area contributed by atoms with Crippen LogP contribution >= 0.6 is 15.9 Å². The van der Waals surface area contributed by atoms with Crippen molar-refractivity contribution in [2.24, 2.45) is 0 Å². The van der Waals surface area contributed by atoms with E-state index >= 15 is 0 Å². The van der Waals surface area contributed by atoms with Gasteiger partial charge in [0.1, 0.15) is 5.82 Å². The van der Waals surface area contributed by atoms with Gasteiger partial charge in [-0.15, -0.1) is 0 Å². The topological polar surface area (TPSA) is 67.9 Å². The average molecular weight is 401 g/mol. The molecule has 0 saturated heterocycles. The van der Waals surface area contributed by atoms with Crippen LogP contribution < -0.4 is 5.32 Å². The molecular formula is C16H18BrFN2O4. The Labute approximate surface area is 147 Å². The number of rotatable bonds is 5. The van der Waals surface area contributed by atoms with E-state index in [1.165, 1.54) is 37.3 Å². The molecule has 0 radical (unpaired) electrons. The van der Waals surface area contributed by atoms with Crippen LogP contribution in [0.4, 0.5) is 9.18 Å². The van der Waals surface area contributed by atoms with E-state index in [4.69, 9.17) is 9.47 Å². The first kappa shape index (κ1) is 18.4. The summed E-state index contributed by atoms with van der Waals surface area (Å²) in [6.07, 6.45) is 0. The number of esters is 1. The number of urea groups is 1. The zero-order valence-electron chi connectivity index (χ0n) is 13.6. The van der Waals surface area contributed by atoms with Crippen LogP contribution in [0.15, 0.2) is 33.9 Å². The van der Waals surface area contributed by atoms with Crippen LogP contribution in [-0.4, -0.2) is 44.3 Å². The number of methoxy groups -OCH3 is 2. The van der Waals surface area contributed by atoms with Gasteiger partial charge >= 0.3 is 12.0 Å². The van der Waals surface area contributed by atoms with Crippen molar-refractivity contribution in [3.05, 3.63) is 45.3 Å². The summed E-state index contributed by atoms with van der Waals surface area (Å²) in [6.45, 7) is 2.30. The summed E-state index contributed by atoms with van der Waals surface area (Å²) >= 11 is 3.12. The molecule has 130 valence electrons. The Morgan fingerprint density at radius 3 is 2.71 bits per heavy atom. The normalized spacial score (nSPS) is 17.8. The van der Waals surface area contributed by atoms with Gasteiger partial charge in [-0.25, -0.2) is 14.0 Å². The number of nitrogens with zero attached hydrogens (tertiary/aromatic N) is 1. The minimum absolute atomic E-state index is 0.248. The Hall–Kier alpha value is -1.93. The van der Waals surface area contributed by atoms with Crippen LogP contribution in [-0.2, 0) is 14.3 Å². The lowest BCUT2D eigenvalue weighted by atomic mass is 9.95. The third-order valence-electron chi connectivity index (χ3n) is 3.80. The molecular weight excluding hydrogens is 383 g/mol. The monoisotopic (exact) mass is 400 g/mol. The van der Waals surface area contributed by atoms with Gasteiger partial charge in [-0.2, -0.15) is 0 Å². The third kappa shape index (κ3) is 3.59. The molecule has 0 saturated carbocycles. The molecule has 24 heavy (non-hydrogen) atoms. The number of carbonyl (C=O) groups excluding carboxylic acids is 2. The number of ether oxygens (including phenoxy) is 2. The lowest BCUT2D eigenvalue weighted by molar-refractivity contribution is -0.136. The van der Waals surface area contributed by atoms with E-state index in [0.717, 1.165) is 0 Å². The summed E-state index contributed by atoms with van der Waals surface area (Å²) in [4.78, 5) is 26.1. The number of allylic oxidation sites excluding steroid dienone is 1. The summed E-state index contributed by atoms with van der Waals surface area (Å²) < 4.78 is 23.6. The lowest BCUT2D eigenvalue weighted by Crippen LogP contribution is -2.48. The second-order valence-corrected chi connectivity index (χ2v) is 6.05. The SMILES string of the molecule is COCCN1C(=O)N[C@@H](c2ccc(F)c(Br)c2)C(C(=O)OC)=C1C. The molecule has 0 aliphatic carbocycles. The first-order valence-corrected chi connectivity index (χ1v) is 8.01.